The first-order valence-corrected chi connectivity index (χ1v) is 10.5. The molecule has 2 heterocycles. The Morgan fingerprint density at radius 2 is 2.19 bits per heavy atom. The summed E-state index contributed by atoms with van der Waals surface area (Å²) in [5, 5.41) is 7.07. The summed E-state index contributed by atoms with van der Waals surface area (Å²) < 4.78 is 5.39. The molecule has 148 valence electrons. The van der Waals surface area contributed by atoms with Crippen LogP contribution in [0.25, 0.3) is 0 Å². The van der Waals surface area contributed by atoms with Crippen molar-refractivity contribution in [2.45, 2.75) is 32.2 Å². The molecule has 1 aromatic rings. The number of hydrogen-bond acceptors (Lipinski definition) is 4. The van der Waals surface area contributed by atoms with Crippen LogP contribution < -0.4 is 10.6 Å². The molecular formula is C19H33IN4OS. The van der Waals surface area contributed by atoms with E-state index >= 15 is 0 Å². The van der Waals surface area contributed by atoms with Gasteiger partial charge in [0.1, 0.15) is 5.76 Å². The normalized spacial score (nSPS) is 16.2. The van der Waals surface area contributed by atoms with Gasteiger partial charge in [0.25, 0.3) is 0 Å². The first kappa shape index (κ1) is 23.4. The largest absolute Gasteiger partial charge is 0.469 e. The van der Waals surface area contributed by atoms with E-state index in [2.05, 4.69) is 35.3 Å². The van der Waals surface area contributed by atoms with Crippen molar-refractivity contribution >= 4 is 41.7 Å². The number of hydrogen-bond donors (Lipinski definition) is 2. The van der Waals surface area contributed by atoms with E-state index in [0.717, 1.165) is 69.5 Å². The van der Waals surface area contributed by atoms with Gasteiger partial charge >= 0.3 is 0 Å². The molecule has 2 rings (SSSR count). The van der Waals surface area contributed by atoms with E-state index in [1.54, 1.807) is 6.26 Å². The van der Waals surface area contributed by atoms with Gasteiger partial charge in [0.2, 0.25) is 0 Å². The molecule has 1 fully saturated rings. The van der Waals surface area contributed by atoms with Gasteiger partial charge in [-0.2, -0.15) is 11.8 Å². The predicted molar refractivity (Wildman–Crippen MR) is 124 cm³/mol. The molecule has 0 radical (unpaired) electrons. The lowest BCUT2D eigenvalue weighted by Crippen LogP contribution is -2.49. The second kappa shape index (κ2) is 13.5. The molecule has 0 aromatic carbocycles. The Kier molecular flexibility index (Phi) is 12.1. The number of nitrogens with one attached hydrogen (secondary N) is 2. The third-order valence-electron chi connectivity index (χ3n) is 4.23. The van der Waals surface area contributed by atoms with Gasteiger partial charge in [0.15, 0.2) is 5.96 Å². The van der Waals surface area contributed by atoms with E-state index in [1.807, 2.05) is 23.9 Å². The van der Waals surface area contributed by atoms with Gasteiger partial charge < -0.3 is 15.1 Å². The molecule has 1 aromatic heterocycles. The van der Waals surface area contributed by atoms with Gasteiger partial charge in [-0.3, -0.25) is 9.89 Å². The predicted octanol–water partition coefficient (Wildman–Crippen LogP) is 3.38. The molecule has 0 unspecified atom stereocenters. The van der Waals surface area contributed by atoms with Crippen LogP contribution in [0.3, 0.4) is 0 Å². The number of likely N-dealkylation sites (tertiary alicyclic amines) is 1. The molecular weight excluding hydrogens is 459 g/mol. The van der Waals surface area contributed by atoms with Crippen molar-refractivity contribution in [3.63, 3.8) is 0 Å². The van der Waals surface area contributed by atoms with E-state index in [0.29, 0.717) is 6.04 Å². The van der Waals surface area contributed by atoms with Crippen LogP contribution in [0.1, 0.15) is 25.5 Å². The lowest BCUT2D eigenvalue weighted by atomic mass is 10.0. The van der Waals surface area contributed by atoms with Crippen LogP contribution in [-0.4, -0.2) is 61.6 Å². The maximum Gasteiger partial charge on any atom is 0.191 e. The zero-order valence-corrected chi connectivity index (χ0v) is 19.1. The summed E-state index contributed by atoms with van der Waals surface area (Å²) in [7, 11) is 0. The highest BCUT2D eigenvalue weighted by atomic mass is 127. The van der Waals surface area contributed by atoms with Gasteiger partial charge in [0.05, 0.1) is 12.8 Å². The summed E-state index contributed by atoms with van der Waals surface area (Å²) >= 11 is 1.82. The molecule has 1 aliphatic heterocycles. The van der Waals surface area contributed by atoms with Crippen LogP contribution in [-0.2, 0) is 6.42 Å². The van der Waals surface area contributed by atoms with Crippen molar-refractivity contribution in [3.05, 3.63) is 36.3 Å². The average Bonchev–Trinajstić information content (AvgIpc) is 3.09. The summed E-state index contributed by atoms with van der Waals surface area (Å²) in [4.78, 5) is 7.19. The summed E-state index contributed by atoms with van der Waals surface area (Å²) in [6, 6.07) is 4.43. The fourth-order valence-electron chi connectivity index (χ4n) is 2.97. The summed E-state index contributed by atoms with van der Waals surface area (Å²) in [5.41, 5.74) is 1.24. The maximum atomic E-state index is 5.39. The fraction of sp³-hybridized carbons (Fsp3) is 0.632. The monoisotopic (exact) mass is 492 g/mol. The van der Waals surface area contributed by atoms with Crippen LogP contribution >= 0.6 is 35.7 Å². The molecule has 0 atom stereocenters. The highest BCUT2D eigenvalue weighted by Gasteiger charge is 2.19. The van der Waals surface area contributed by atoms with Gasteiger partial charge in [-0.15, -0.1) is 24.0 Å². The van der Waals surface area contributed by atoms with Crippen molar-refractivity contribution in [2.75, 3.05) is 44.7 Å². The topological polar surface area (TPSA) is 52.8 Å². The third-order valence-corrected chi connectivity index (χ3v) is 4.82. The second-order valence-electron chi connectivity index (χ2n) is 6.63. The number of furan rings is 1. The van der Waals surface area contributed by atoms with Gasteiger partial charge in [-0.05, 0) is 38.2 Å². The van der Waals surface area contributed by atoms with Crippen LogP contribution in [0.2, 0.25) is 0 Å². The first-order chi connectivity index (χ1) is 12.2. The van der Waals surface area contributed by atoms with Crippen molar-refractivity contribution in [1.82, 2.24) is 15.5 Å². The average molecular weight is 492 g/mol. The minimum atomic E-state index is 0. The number of guanidine groups is 1. The summed E-state index contributed by atoms with van der Waals surface area (Å²) in [6.45, 7) is 11.0. The number of piperidine rings is 1. The highest BCUT2D eigenvalue weighted by Crippen LogP contribution is 2.11. The Morgan fingerprint density at radius 1 is 1.42 bits per heavy atom. The summed E-state index contributed by atoms with van der Waals surface area (Å²) in [5.74, 6) is 2.98. The van der Waals surface area contributed by atoms with Crippen molar-refractivity contribution in [2.24, 2.45) is 4.99 Å². The maximum absolute atomic E-state index is 5.39. The molecule has 2 N–H and O–H groups in total. The van der Waals surface area contributed by atoms with Gasteiger partial charge in [-0.25, -0.2) is 0 Å². The van der Waals surface area contributed by atoms with E-state index in [4.69, 9.17) is 9.41 Å². The summed E-state index contributed by atoms with van der Waals surface area (Å²) in [6.07, 6.45) is 7.00. The number of halogens is 1. The first-order valence-electron chi connectivity index (χ1n) is 9.10. The minimum absolute atomic E-state index is 0. The lowest BCUT2D eigenvalue weighted by molar-refractivity contribution is 0.221. The third kappa shape index (κ3) is 9.32. The number of aliphatic imine (C=N–C) groups is 1. The molecule has 7 heteroatoms. The zero-order valence-electron chi connectivity index (χ0n) is 16.0. The highest BCUT2D eigenvalue weighted by molar-refractivity contribution is 14.0. The smallest absolute Gasteiger partial charge is 0.191 e. The van der Waals surface area contributed by atoms with Crippen LogP contribution in [0, 0.1) is 0 Å². The number of thioether (sulfide) groups is 1. The van der Waals surface area contributed by atoms with Crippen molar-refractivity contribution in [3.8, 4) is 0 Å². The molecule has 0 spiro atoms. The quantitative estimate of drug-likeness (QED) is 0.182. The van der Waals surface area contributed by atoms with Gasteiger partial charge in [-0.1, -0.05) is 12.2 Å². The molecule has 0 saturated carbocycles. The molecule has 0 bridgehead atoms. The zero-order chi connectivity index (χ0) is 17.9. The van der Waals surface area contributed by atoms with Crippen LogP contribution in [0.4, 0.5) is 0 Å². The SMILES string of the molecule is C=C(C)CN1CCC(NC(=NCCSC)NCCc2ccco2)CC1.I. The Labute approximate surface area is 179 Å². The number of rotatable bonds is 9. The molecule has 0 amide bonds. The van der Waals surface area contributed by atoms with Crippen molar-refractivity contribution < 1.29 is 4.42 Å². The van der Waals surface area contributed by atoms with Crippen LogP contribution in [0.15, 0.2) is 40.0 Å². The van der Waals surface area contributed by atoms with E-state index in [9.17, 15) is 0 Å². The fourth-order valence-corrected chi connectivity index (χ4v) is 3.24. The Morgan fingerprint density at radius 3 is 2.81 bits per heavy atom. The second-order valence-corrected chi connectivity index (χ2v) is 7.62. The van der Waals surface area contributed by atoms with Crippen LogP contribution in [0.5, 0.6) is 0 Å². The minimum Gasteiger partial charge on any atom is -0.469 e. The Bertz CT molecular complexity index is 528. The molecule has 1 saturated heterocycles. The Hall–Kier alpha value is -0.670. The lowest BCUT2D eigenvalue weighted by Gasteiger charge is -2.33. The standard InChI is InChI=1S/C19H32N4OS.HI/c1-16(2)15-23-11-7-17(8-12-23)22-19(21-10-14-25-3)20-9-6-18-5-4-13-24-18;/h4-5,13,17H,1,6-12,14-15H2,2-3H3,(H2,20,21,22);1H. The Balaban J connectivity index is 0.00000338. The molecule has 5 nitrogen and oxygen atoms in total. The molecule has 0 aliphatic carbocycles. The molecule has 1 aliphatic rings. The van der Waals surface area contributed by atoms with Crippen molar-refractivity contribution in [1.29, 1.82) is 0 Å². The van der Waals surface area contributed by atoms with E-state index in [1.165, 1.54) is 5.57 Å². The van der Waals surface area contributed by atoms with Gasteiger partial charge in [0, 0.05) is 44.4 Å². The van der Waals surface area contributed by atoms with E-state index in [-0.39, 0.29) is 24.0 Å². The molecule has 26 heavy (non-hydrogen) atoms. The number of nitrogens with zero attached hydrogens (tertiary/aromatic N) is 2. The van der Waals surface area contributed by atoms with E-state index < -0.39 is 0 Å².